The monoisotopic (exact) mass is 350 g/mol. The van der Waals surface area contributed by atoms with Gasteiger partial charge in [-0.25, -0.2) is 9.97 Å². The quantitative estimate of drug-likeness (QED) is 0.892. The molecule has 1 fully saturated rings. The van der Waals surface area contributed by atoms with Gasteiger partial charge in [-0.1, -0.05) is 6.42 Å². The molecule has 2 N–H and O–H groups in total. The number of anilines is 1. The standard InChI is InChI=1S/C19H22N6O/c1-11-22-9-16(24(11)2)17-13(8-20)18(21)23-15-6-7-25(10-14(15)17)19(26)12-4-3-5-12/h9,12H,3-7,10H2,1-2H3,(H2,21,23). The number of fused-ring (bicyclic) bond motifs is 1. The van der Waals surface area contributed by atoms with Gasteiger partial charge in [0, 0.05) is 43.6 Å². The molecule has 1 aliphatic carbocycles. The number of nitrogens with two attached hydrogens (primary N) is 1. The van der Waals surface area contributed by atoms with Crippen molar-refractivity contribution in [3.05, 3.63) is 28.8 Å². The Hall–Kier alpha value is -2.88. The highest BCUT2D eigenvalue weighted by molar-refractivity contribution is 5.82. The number of carbonyl (C=O) groups excluding carboxylic acids is 1. The average molecular weight is 350 g/mol. The fourth-order valence-electron chi connectivity index (χ4n) is 3.81. The fourth-order valence-corrected chi connectivity index (χ4v) is 3.81. The largest absolute Gasteiger partial charge is 0.383 e. The molecule has 0 unspecified atom stereocenters. The highest BCUT2D eigenvalue weighted by atomic mass is 16.2. The van der Waals surface area contributed by atoms with Crippen LogP contribution in [0, 0.1) is 24.2 Å². The summed E-state index contributed by atoms with van der Waals surface area (Å²) in [7, 11) is 1.92. The molecule has 2 aromatic rings. The maximum absolute atomic E-state index is 12.7. The minimum Gasteiger partial charge on any atom is -0.383 e. The Morgan fingerprint density at radius 2 is 2.19 bits per heavy atom. The molecule has 0 bridgehead atoms. The number of amides is 1. The van der Waals surface area contributed by atoms with E-state index in [9.17, 15) is 10.1 Å². The van der Waals surface area contributed by atoms with Crippen LogP contribution in [-0.2, 0) is 24.8 Å². The zero-order valence-corrected chi connectivity index (χ0v) is 15.1. The SMILES string of the molecule is Cc1ncc(-c2c(C#N)c(N)nc3c2CN(C(=O)C2CCC2)CC3)n1C. The van der Waals surface area contributed by atoms with Crippen molar-refractivity contribution in [1.82, 2.24) is 19.4 Å². The lowest BCUT2D eigenvalue weighted by atomic mass is 9.83. The molecule has 7 nitrogen and oxygen atoms in total. The molecule has 1 aliphatic heterocycles. The predicted octanol–water partition coefficient (Wildman–Crippen LogP) is 1.93. The number of carbonyl (C=O) groups is 1. The van der Waals surface area contributed by atoms with Crippen LogP contribution < -0.4 is 5.73 Å². The van der Waals surface area contributed by atoms with Crippen LogP contribution in [0.4, 0.5) is 5.82 Å². The second-order valence-corrected chi connectivity index (χ2v) is 7.17. The minimum atomic E-state index is 0.163. The summed E-state index contributed by atoms with van der Waals surface area (Å²) in [6.45, 7) is 3.05. The summed E-state index contributed by atoms with van der Waals surface area (Å²) < 4.78 is 1.95. The van der Waals surface area contributed by atoms with Gasteiger partial charge < -0.3 is 15.2 Å². The normalized spacial score (nSPS) is 16.7. The molecule has 7 heteroatoms. The van der Waals surface area contributed by atoms with Gasteiger partial charge in [-0.05, 0) is 19.8 Å². The molecule has 4 rings (SSSR count). The number of nitriles is 1. The smallest absolute Gasteiger partial charge is 0.225 e. The van der Waals surface area contributed by atoms with E-state index in [-0.39, 0.29) is 17.6 Å². The van der Waals surface area contributed by atoms with Crippen LogP contribution in [0.3, 0.4) is 0 Å². The second kappa shape index (κ2) is 6.13. The van der Waals surface area contributed by atoms with Gasteiger partial charge in [0.15, 0.2) is 0 Å². The second-order valence-electron chi connectivity index (χ2n) is 7.17. The van der Waals surface area contributed by atoms with E-state index in [0.717, 1.165) is 47.6 Å². The van der Waals surface area contributed by atoms with Gasteiger partial charge in [-0.15, -0.1) is 0 Å². The van der Waals surface area contributed by atoms with E-state index in [0.29, 0.717) is 25.1 Å². The Bertz CT molecular complexity index is 934. The van der Waals surface area contributed by atoms with Crippen LogP contribution >= 0.6 is 0 Å². The van der Waals surface area contributed by atoms with Crippen molar-refractivity contribution in [1.29, 1.82) is 5.26 Å². The van der Waals surface area contributed by atoms with E-state index in [1.54, 1.807) is 6.20 Å². The Morgan fingerprint density at radius 1 is 1.42 bits per heavy atom. The molecule has 3 heterocycles. The third kappa shape index (κ3) is 2.45. The van der Waals surface area contributed by atoms with Gasteiger partial charge in [0.05, 0.1) is 17.6 Å². The Morgan fingerprint density at radius 3 is 2.77 bits per heavy atom. The molecule has 134 valence electrons. The molecule has 0 saturated heterocycles. The number of nitrogen functional groups attached to an aromatic ring is 1. The summed E-state index contributed by atoms with van der Waals surface area (Å²) in [6, 6.07) is 2.21. The third-order valence-electron chi connectivity index (χ3n) is 5.73. The summed E-state index contributed by atoms with van der Waals surface area (Å²) in [5, 5.41) is 9.69. The first-order valence-corrected chi connectivity index (χ1v) is 9.00. The molecule has 1 saturated carbocycles. The molecular formula is C19H22N6O. The van der Waals surface area contributed by atoms with E-state index in [1.165, 1.54) is 0 Å². The molecule has 0 spiro atoms. The predicted molar refractivity (Wildman–Crippen MR) is 96.8 cm³/mol. The van der Waals surface area contributed by atoms with E-state index in [2.05, 4.69) is 16.0 Å². The zero-order chi connectivity index (χ0) is 18.4. The Labute approximate surface area is 152 Å². The Balaban J connectivity index is 1.83. The molecule has 1 amide bonds. The first kappa shape index (κ1) is 16.6. The number of aryl methyl sites for hydroxylation is 1. The summed E-state index contributed by atoms with van der Waals surface area (Å²) in [5.41, 5.74) is 9.86. The van der Waals surface area contributed by atoms with E-state index < -0.39 is 0 Å². The topological polar surface area (TPSA) is 101 Å². The molecule has 2 aliphatic rings. The van der Waals surface area contributed by atoms with Crippen molar-refractivity contribution in [2.75, 3.05) is 12.3 Å². The van der Waals surface area contributed by atoms with Crippen molar-refractivity contribution < 1.29 is 4.79 Å². The number of aromatic nitrogens is 3. The summed E-state index contributed by atoms with van der Waals surface area (Å²) in [6.07, 6.45) is 5.53. The molecule has 0 radical (unpaired) electrons. The van der Waals surface area contributed by atoms with Crippen LogP contribution in [-0.4, -0.2) is 31.9 Å². The number of hydrogen-bond donors (Lipinski definition) is 1. The summed E-state index contributed by atoms with van der Waals surface area (Å²) in [5.74, 6) is 1.49. The summed E-state index contributed by atoms with van der Waals surface area (Å²) >= 11 is 0. The van der Waals surface area contributed by atoms with Crippen molar-refractivity contribution >= 4 is 11.7 Å². The molecular weight excluding hydrogens is 328 g/mol. The highest BCUT2D eigenvalue weighted by Gasteiger charge is 2.33. The number of rotatable bonds is 2. The number of nitrogens with zero attached hydrogens (tertiary/aromatic N) is 5. The minimum absolute atomic E-state index is 0.163. The maximum Gasteiger partial charge on any atom is 0.225 e. The van der Waals surface area contributed by atoms with Gasteiger partial charge >= 0.3 is 0 Å². The van der Waals surface area contributed by atoms with Gasteiger partial charge in [0.25, 0.3) is 0 Å². The van der Waals surface area contributed by atoms with Gasteiger partial charge in [0.1, 0.15) is 23.3 Å². The van der Waals surface area contributed by atoms with Gasteiger partial charge in [-0.3, -0.25) is 4.79 Å². The first-order chi connectivity index (χ1) is 12.5. The summed E-state index contributed by atoms with van der Waals surface area (Å²) in [4.78, 5) is 23.5. The number of hydrogen-bond acceptors (Lipinski definition) is 5. The Kier molecular flexibility index (Phi) is 3.91. The van der Waals surface area contributed by atoms with Crippen LogP contribution in [0.5, 0.6) is 0 Å². The van der Waals surface area contributed by atoms with Gasteiger partial charge in [0.2, 0.25) is 5.91 Å². The van der Waals surface area contributed by atoms with E-state index >= 15 is 0 Å². The molecule has 0 aromatic carbocycles. The number of imidazole rings is 1. The van der Waals surface area contributed by atoms with Crippen LogP contribution in [0.15, 0.2) is 6.20 Å². The number of pyridine rings is 1. The van der Waals surface area contributed by atoms with Crippen molar-refractivity contribution in [3.63, 3.8) is 0 Å². The molecule has 2 aromatic heterocycles. The average Bonchev–Trinajstić information content (AvgIpc) is 2.90. The highest BCUT2D eigenvalue weighted by Crippen LogP contribution is 2.36. The lowest BCUT2D eigenvalue weighted by molar-refractivity contribution is -0.139. The molecule has 0 atom stereocenters. The van der Waals surface area contributed by atoms with Crippen LogP contribution in [0.25, 0.3) is 11.3 Å². The molecule has 26 heavy (non-hydrogen) atoms. The van der Waals surface area contributed by atoms with Crippen LogP contribution in [0.2, 0.25) is 0 Å². The first-order valence-electron chi connectivity index (χ1n) is 9.00. The van der Waals surface area contributed by atoms with Crippen molar-refractivity contribution in [2.24, 2.45) is 13.0 Å². The lowest BCUT2D eigenvalue weighted by Gasteiger charge is -2.35. The third-order valence-corrected chi connectivity index (χ3v) is 5.73. The van der Waals surface area contributed by atoms with E-state index in [4.69, 9.17) is 5.73 Å². The lowest BCUT2D eigenvalue weighted by Crippen LogP contribution is -2.42. The van der Waals surface area contributed by atoms with Gasteiger partial charge in [-0.2, -0.15) is 5.26 Å². The maximum atomic E-state index is 12.7. The van der Waals surface area contributed by atoms with Crippen molar-refractivity contribution in [2.45, 2.75) is 39.2 Å². The fraction of sp³-hybridized carbons (Fsp3) is 0.474. The van der Waals surface area contributed by atoms with Crippen LogP contribution in [0.1, 0.15) is 41.9 Å². The zero-order valence-electron chi connectivity index (χ0n) is 15.1. The van der Waals surface area contributed by atoms with Crippen molar-refractivity contribution in [3.8, 4) is 17.3 Å². The van der Waals surface area contributed by atoms with E-state index in [1.807, 2.05) is 23.4 Å².